The number of ether oxygens (including phenoxy) is 2. The van der Waals surface area contributed by atoms with Gasteiger partial charge in [-0.25, -0.2) is 4.79 Å². The maximum Gasteiger partial charge on any atom is 0.339 e. The van der Waals surface area contributed by atoms with E-state index in [2.05, 4.69) is 17.1 Å². The SMILES string of the molecule is COC(=O)c1c(C)[nH]c(C(=O)[C@@H](C)[NH+](Cc2ccc(OC)cc2)C2CC2)c1C. The van der Waals surface area contributed by atoms with Gasteiger partial charge in [-0.1, -0.05) is 0 Å². The third kappa shape index (κ3) is 3.97. The first kappa shape index (κ1) is 20.1. The molecule has 1 aromatic heterocycles. The summed E-state index contributed by atoms with van der Waals surface area (Å²) in [6.07, 6.45) is 2.28. The fraction of sp³-hybridized carbons (Fsp3) is 0.455. The van der Waals surface area contributed by atoms with Crippen molar-refractivity contribution in [1.29, 1.82) is 0 Å². The zero-order valence-corrected chi connectivity index (χ0v) is 17.2. The van der Waals surface area contributed by atoms with E-state index in [1.807, 2.05) is 19.1 Å². The summed E-state index contributed by atoms with van der Waals surface area (Å²) in [6, 6.07) is 8.30. The number of aromatic amines is 1. The first-order valence-corrected chi connectivity index (χ1v) is 9.67. The van der Waals surface area contributed by atoms with Crippen LogP contribution in [0.5, 0.6) is 5.75 Å². The normalized spacial score (nSPS) is 15.8. The molecule has 0 bridgehead atoms. The highest BCUT2D eigenvalue weighted by molar-refractivity contribution is 6.03. The molecule has 150 valence electrons. The average Bonchev–Trinajstić information content (AvgIpc) is 3.50. The van der Waals surface area contributed by atoms with Gasteiger partial charge in [0.05, 0.1) is 31.5 Å². The van der Waals surface area contributed by atoms with E-state index in [0.717, 1.165) is 25.1 Å². The van der Waals surface area contributed by atoms with Crippen molar-refractivity contribution in [3.05, 3.63) is 52.3 Å². The average molecular weight is 385 g/mol. The Hall–Kier alpha value is -2.60. The molecule has 0 aliphatic heterocycles. The van der Waals surface area contributed by atoms with Gasteiger partial charge in [-0.3, -0.25) is 4.79 Å². The van der Waals surface area contributed by atoms with Crippen molar-refractivity contribution in [3.63, 3.8) is 0 Å². The van der Waals surface area contributed by atoms with E-state index in [1.165, 1.54) is 17.6 Å². The lowest BCUT2D eigenvalue weighted by Crippen LogP contribution is -3.16. The van der Waals surface area contributed by atoms with Gasteiger partial charge in [0.1, 0.15) is 12.3 Å². The van der Waals surface area contributed by atoms with Crippen LogP contribution in [-0.4, -0.2) is 43.0 Å². The van der Waals surface area contributed by atoms with Crippen molar-refractivity contribution in [3.8, 4) is 5.75 Å². The second-order valence-electron chi connectivity index (χ2n) is 7.58. The molecule has 2 N–H and O–H groups in total. The van der Waals surface area contributed by atoms with Gasteiger partial charge in [0.2, 0.25) is 5.78 Å². The number of nitrogens with one attached hydrogen (secondary N) is 2. The van der Waals surface area contributed by atoms with Gasteiger partial charge >= 0.3 is 5.97 Å². The number of aromatic nitrogens is 1. The fourth-order valence-electron chi connectivity index (χ4n) is 3.87. The second-order valence-corrected chi connectivity index (χ2v) is 7.58. The molecule has 1 aliphatic carbocycles. The monoisotopic (exact) mass is 385 g/mol. The van der Waals surface area contributed by atoms with Crippen molar-refractivity contribution >= 4 is 11.8 Å². The molecule has 6 nitrogen and oxygen atoms in total. The van der Waals surface area contributed by atoms with Crippen LogP contribution in [0.4, 0.5) is 0 Å². The highest BCUT2D eigenvalue weighted by Crippen LogP contribution is 2.22. The molecule has 0 spiro atoms. The quantitative estimate of drug-likeness (QED) is 0.540. The van der Waals surface area contributed by atoms with Gasteiger partial charge in [-0.2, -0.15) is 0 Å². The van der Waals surface area contributed by atoms with Crippen LogP contribution in [0.3, 0.4) is 0 Å². The van der Waals surface area contributed by atoms with E-state index >= 15 is 0 Å². The highest BCUT2D eigenvalue weighted by Gasteiger charge is 2.40. The molecule has 28 heavy (non-hydrogen) atoms. The lowest BCUT2D eigenvalue weighted by atomic mass is 10.0. The van der Waals surface area contributed by atoms with Crippen LogP contribution in [0.2, 0.25) is 0 Å². The van der Waals surface area contributed by atoms with Gasteiger partial charge in [-0.15, -0.1) is 0 Å². The number of benzene rings is 1. The smallest absolute Gasteiger partial charge is 0.339 e. The van der Waals surface area contributed by atoms with Crippen molar-refractivity contribution in [2.75, 3.05) is 14.2 Å². The zero-order valence-electron chi connectivity index (χ0n) is 17.2. The zero-order chi connectivity index (χ0) is 20.4. The van der Waals surface area contributed by atoms with E-state index in [1.54, 1.807) is 21.0 Å². The molecule has 1 fully saturated rings. The van der Waals surface area contributed by atoms with Gasteiger partial charge in [-0.05, 0) is 50.6 Å². The van der Waals surface area contributed by atoms with E-state index in [9.17, 15) is 9.59 Å². The fourth-order valence-corrected chi connectivity index (χ4v) is 3.87. The molecule has 2 aromatic rings. The van der Waals surface area contributed by atoms with Crippen LogP contribution in [0.15, 0.2) is 24.3 Å². The Balaban J connectivity index is 1.82. The number of H-pyrrole nitrogens is 1. The van der Waals surface area contributed by atoms with E-state index in [-0.39, 0.29) is 11.8 Å². The lowest BCUT2D eigenvalue weighted by molar-refractivity contribution is -0.938. The number of ketones is 1. The molecule has 0 radical (unpaired) electrons. The molecule has 3 rings (SSSR count). The first-order valence-electron chi connectivity index (χ1n) is 9.67. The summed E-state index contributed by atoms with van der Waals surface area (Å²) in [4.78, 5) is 29.7. The molecule has 1 saturated carbocycles. The molecule has 6 heteroatoms. The summed E-state index contributed by atoms with van der Waals surface area (Å²) in [5, 5.41) is 0. The van der Waals surface area contributed by atoms with Crippen LogP contribution in [-0.2, 0) is 11.3 Å². The van der Waals surface area contributed by atoms with Crippen molar-refractivity contribution in [1.82, 2.24) is 4.98 Å². The van der Waals surface area contributed by atoms with Crippen LogP contribution in [0, 0.1) is 13.8 Å². The molecule has 1 unspecified atom stereocenters. The number of carbonyl (C=O) groups is 2. The minimum absolute atomic E-state index is 0.0335. The predicted molar refractivity (Wildman–Crippen MR) is 106 cm³/mol. The number of hydrogen-bond acceptors (Lipinski definition) is 4. The third-order valence-electron chi connectivity index (χ3n) is 5.69. The van der Waals surface area contributed by atoms with E-state index in [0.29, 0.717) is 28.6 Å². The Morgan fingerprint density at radius 3 is 2.36 bits per heavy atom. The number of rotatable bonds is 8. The number of aryl methyl sites for hydroxylation is 1. The highest BCUT2D eigenvalue weighted by atomic mass is 16.5. The topological polar surface area (TPSA) is 72.8 Å². The summed E-state index contributed by atoms with van der Waals surface area (Å²) in [7, 11) is 3.01. The van der Waals surface area contributed by atoms with Gasteiger partial charge < -0.3 is 19.4 Å². The molecular weight excluding hydrogens is 356 g/mol. The van der Waals surface area contributed by atoms with Gasteiger partial charge in [0, 0.05) is 24.1 Å². The number of methoxy groups -OCH3 is 2. The third-order valence-corrected chi connectivity index (χ3v) is 5.69. The Bertz CT molecular complexity index is 865. The minimum atomic E-state index is -0.414. The molecule has 1 heterocycles. The second kappa shape index (κ2) is 8.19. The predicted octanol–water partition coefficient (Wildman–Crippen LogP) is 2.25. The van der Waals surface area contributed by atoms with Crippen molar-refractivity contribution in [2.24, 2.45) is 0 Å². The molecular formula is C22H29N2O4+. The molecule has 1 aromatic carbocycles. The number of esters is 1. The Morgan fingerprint density at radius 2 is 1.82 bits per heavy atom. The number of hydrogen-bond donors (Lipinski definition) is 2. The van der Waals surface area contributed by atoms with Crippen LogP contribution in [0.1, 0.15) is 57.4 Å². The standard InChI is InChI=1S/C22H28N2O4/c1-13-19(22(26)28-5)14(2)23-20(13)21(25)15(3)24(17-8-9-17)12-16-6-10-18(27-4)11-7-16/h6-7,10-11,15,17,23H,8-9,12H2,1-5H3/p+1/t15-/m1/s1. The molecule has 1 aliphatic rings. The number of carbonyl (C=O) groups excluding carboxylic acids is 2. The lowest BCUT2D eigenvalue weighted by Gasteiger charge is -2.25. The van der Waals surface area contributed by atoms with Crippen LogP contribution < -0.4 is 9.64 Å². The maximum atomic E-state index is 13.3. The van der Waals surface area contributed by atoms with Crippen LogP contribution >= 0.6 is 0 Å². The van der Waals surface area contributed by atoms with E-state index in [4.69, 9.17) is 9.47 Å². The van der Waals surface area contributed by atoms with Gasteiger partial charge in [0.25, 0.3) is 0 Å². The number of quaternary nitrogens is 1. The summed E-state index contributed by atoms with van der Waals surface area (Å²) in [6.45, 7) is 6.36. The van der Waals surface area contributed by atoms with Crippen molar-refractivity contribution < 1.29 is 24.0 Å². The summed E-state index contributed by atoms with van der Waals surface area (Å²) in [5.41, 5.74) is 3.49. The maximum absolute atomic E-state index is 13.3. The summed E-state index contributed by atoms with van der Waals surface area (Å²) < 4.78 is 10.1. The Labute approximate surface area is 165 Å². The van der Waals surface area contributed by atoms with Gasteiger partial charge in [0.15, 0.2) is 6.04 Å². The summed E-state index contributed by atoms with van der Waals surface area (Å²) in [5.74, 6) is 0.447. The number of Topliss-reactive ketones (excluding diaryl/α,β-unsaturated/α-hetero) is 1. The molecule has 0 saturated heterocycles. The Morgan fingerprint density at radius 1 is 1.18 bits per heavy atom. The molecule has 2 atom stereocenters. The van der Waals surface area contributed by atoms with Crippen molar-refractivity contribution in [2.45, 2.75) is 52.2 Å². The Kier molecular flexibility index (Phi) is 5.89. The molecule has 0 amide bonds. The van der Waals surface area contributed by atoms with E-state index < -0.39 is 5.97 Å². The largest absolute Gasteiger partial charge is 0.497 e. The first-order chi connectivity index (χ1) is 13.4. The van der Waals surface area contributed by atoms with Crippen LogP contribution in [0.25, 0.3) is 0 Å². The minimum Gasteiger partial charge on any atom is -0.497 e. The summed E-state index contributed by atoms with van der Waals surface area (Å²) >= 11 is 0.